The molecule has 0 radical (unpaired) electrons. The van der Waals surface area contributed by atoms with Crippen LogP contribution in [0.4, 0.5) is 17.1 Å². The molecule has 138 valence electrons. The van der Waals surface area contributed by atoms with Crippen LogP contribution in [0.5, 0.6) is 5.75 Å². The lowest BCUT2D eigenvalue weighted by atomic mass is 10.1. The van der Waals surface area contributed by atoms with Crippen LogP contribution < -0.4 is 9.64 Å². The van der Waals surface area contributed by atoms with Crippen molar-refractivity contribution in [1.29, 1.82) is 5.26 Å². The highest BCUT2D eigenvalue weighted by Crippen LogP contribution is 2.35. The van der Waals surface area contributed by atoms with Crippen molar-refractivity contribution in [3.8, 4) is 11.8 Å². The highest BCUT2D eigenvalue weighted by Gasteiger charge is 2.12. The summed E-state index contributed by atoms with van der Waals surface area (Å²) >= 11 is 0. The van der Waals surface area contributed by atoms with Crippen LogP contribution in [0.15, 0.2) is 84.4 Å². The fourth-order valence-electron chi connectivity index (χ4n) is 2.78. The topological polar surface area (TPSA) is 73.6 Å². The third-order valence-corrected chi connectivity index (χ3v) is 4.16. The van der Waals surface area contributed by atoms with Crippen molar-refractivity contribution in [2.24, 2.45) is 0 Å². The van der Waals surface area contributed by atoms with Gasteiger partial charge in [-0.15, -0.1) is 0 Å². The quantitative estimate of drug-likeness (QED) is 0.479. The Morgan fingerprint density at radius 1 is 0.929 bits per heavy atom. The number of nitriles is 1. The van der Waals surface area contributed by atoms with Crippen LogP contribution in [0.25, 0.3) is 6.08 Å². The monoisotopic (exact) mass is 370 g/mol. The number of methoxy groups -OCH3 is 1. The minimum atomic E-state index is -1.24. The molecule has 5 heteroatoms. The van der Waals surface area contributed by atoms with Gasteiger partial charge in [0.1, 0.15) is 17.4 Å². The molecule has 0 unspecified atom stereocenters. The van der Waals surface area contributed by atoms with Gasteiger partial charge in [0.15, 0.2) is 0 Å². The molecule has 0 saturated heterocycles. The van der Waals surface area contributed by atoms with Crippen molar-refractivity contribution in [2.75, 3.05) is 12.0 Å². The minimum absolute atomic E-state index is 0.303. The van der Waals surface area contributed by atoms with Gasteiger partial charge in [-0.25, -0.2) is 4.79 Å². The van der Waals surface area contributed by atoms with E-state index in [9.17, 15) is 4.79 Å². The van der Waals surface area contributed by atoms with E-state index in [-0.39, 0.29) is 5.57 Å². The summed E-state index contributed by atoms with van der Waals surface area (Å²) in [6.45, 7) is 0. The number of aliphatic carboxylic acids is 1. The number of rotatable bonds is 6. The summed E-state index contributed by atoms with van der Waals surface area (Å²) in [4.78, 5) is 13.1. The van der Waals surface area contributed by atoms with Crippen LogP contribution in [0, 0.1) is 11.3 Å². The van der Waals surface area contributed by atoms with Crippen LogP contribution in [0.2, 0.25) is 0 Å². The highest BCUT2D eigenvalue weighted by atomic mass is 16.5. The first-order valence-electron chi connectivity index (χ1n) is 8.57. The molecule has 28 heavy (non-hydrogen) atoms. The van der Waals surface area contributed by atoms with Gasteiger partial charge in [0.25, 0.3) is 0 Å². The van der Waals surface area contributed by atoms with Gasteiger partial charge >= 0.3 is 5.97 Å². The molecule has 0 aliphatic heterocycles. The number of para-hydroxylation sites is 1. The summed E-state index contributed by atoms with van der Waals surface area (Å²) in [6, 6.07) is 26.7. The second-order valence-electron chi connectivity index (χ2n) is 5.94. The molecule has 3 rings (SSSR count). The van der Waals surface area contributed by atoms with E-state index in [1.54, 1.807) is 25.3 Å². The van der Waals surface area contributed by atoms with Gasteiger partial charge < -0.3 is 14.7 Å². The molecule has 0 spiro atoms. The molecule has 0 heterocycles. The van der Waals surface area contributed by atoms with Crippen molar-refractivity contribution in [3.63, 3.8) is 0 Å². The smallest absolute Gasteiger partial charge is 0.346 e. The van der Waals surface area contributed by atoms with Crippen molar-refractivity contribution < 1.29 is 14.6 Å². The van der Waals surface area contributed by atoms with Gasteiger partial charge in [0.2, 0.25) is 0 Å². The predicted molar refractivity (Wildman–Crippen MR) is 109 cm³/mol. The maximum absolute atomic E-state index is 11.0. The summed E-state index contributed by atoms with van der Waals surface area (Å²) in [5, 5.41) is 17.9. The van der Waals surface area contributed by atoms with Gasteiger partial charge in [-0.2, -0.15) is 5.26 Å². The molecular formula is C23H18N2O3. The number of anilines is 3. The maximum Gasteiger partial charge on any atom is 0.346 e. The molecule has 0 atom stereocenters. The van der Waals surface area contributed by atoms with Crippen molar-refractivity contribution in [3.05, 3.63) is 90.0 Å². The van der Waals surface area contributed by atoms with Gasteiger partial charge in [-0.05, 0) is 60.2 Å². The summed E-state index contributed by atoms with van der Waals surface area (Å²) < 4.78 is 5.24. The molecule has 1 N–H and O–H groups in total. The molecule has 0 amide bonds. The van der Waals surface area contributed by atoms with E-state index >= 15 is 0 Å². The standard InChI is InChI=1S/C23H18N2O3/c1-28-22-13-11-21(12-14-22)25(19-5-3-2-4-6-19)20-9-7-17(8-10-20)15-18(16-24)23(26)27/h2-15H,1H3,(H,26,27)/b18-15+. The first-order valence-corrected chi connectivity index (χ1v) is 8.57. The summed E-state index contributed by atoms with van der Waals surface area (Å²) in [6.07, 6.45) is 1.35. The molecule has 5 nitrogen and oxygen atoms in total. The Bertz CT molecular complexity index is 1020. The number of carboxylic acids is 1. The zero-order valence-electron chi connectivity index (χ0n) is 15.2. The molecular weight excluding hydrogens is 352 g/mol. The van der Waals surface area contributed by atoms with Gasteiger partial charge in [-0.3, -0.25) is 0 Å². The predicted octanol–water partition coefficient (Wildman–Crippen LogP) is 5.16. The van der Waals surface area contributed by atoms with E-state index in [1.807, 2.05) is 66.7 Å². The number of benzene rings is 3. The van der Waals surface area contributed by atoms with Gasteiger partial charge in [-0.1, -0.05) is 30.3 Å². The fourth-order valence-corrected chi connectivity index (χ4v) is 2.78. The normalized spacial score (nSPS) is 10.8. The first-order chi connectivity index (χ1) is 13.6. The van der Waals surface area contributed by atoms with E-state index in [4.69, 9.17) is 15.1 Å². The van der Waals surface area contributed by atoms with E-state index in [0.717, 1.165) is 22.8 Å². The van der Waals surface area contributed by atoms with Gasteiger partial charge in [0.05, 0.1) is 7.11 Å². The number of hydrogen-bond donors (Lipinski definition) is 1. The zero-order chi connectivity index (χ0) is 19.9. The lowest BCUT2D eigenvalue weighted by molar-refractivity contribution is -0.132. The first kappa shape index (κ1) is 18.7. The van der Waals surface area contributed by atoms with Crippen LogP contribution in [0.3, 0.4) is 0 Å². The van der Waals surface area contributed by atoms with Crippen LogP contribution in [0.1, 0.15) is 5.56 Å². The molecule has 3 aromatic carbocycles. The molecule has 0 fully saturated rings. The van der Waals surface area contributed by atoms with Crippen LogP contribution in [-0.4, -0.2) is 18.2 Å². The Morgan fingerprint density at radius 2 is 1.46 bits per heavy atom. The molecule has 0 aromatic heterocycles. The van der Waals surface area contributed by atoms with E-state index in [2.05, 4.69) is 4.90 Å². The third-order valence-electron chi connectivity index (χ3n) is 4.16. The number of ether oxygens (including phenoxy) is 1. The minimum Gasteiger partial charge on any atom is -0.497 e. The second kappa shape index (κ2) is 8.56. The van der Waals surface area contributed by atoms with E-state index in [1.165, 1.54) is 6.08 Å². The third kappa shape index (κ3) is 4.19. The van der Waals surface area contributed by atoms with Crippen molar-refractivity contribution in [1.82, 2.24) is 0 Å². The van der Waals surface area contributed by atoms with Crippen LogP contribution >= 0.6 is 0 Å². The largest absolute Gasteiger partial charge is 0.497 e. The Kier molecular flexibility index (Phi) is 5.73. The van der Waals surface area contributed by atoms with E-state index in [0.29, 0.717) is 5.56 Å². The highest BCUT2D eigenvalue weighted by molar-refractivity contribution is 5.96. The van der Waals surface area contributed by atoms with Gasteiger partial charge in [0, 0.05) is 17.1 Å². The SMILES string of the molecule is COc1ccc(N(c2ccccc2)c2ccc(/C=C(\C#N)C(=O)O)cc2)cc1. The Labute approximate surface area is 163 Å². The number of carbonyl (C=O) groups is 1. The average molecular weight is 370 g/mol. The average Bonchev–Trinajstić information content (AvgIpc) is 2.74. The molecule has 0 saturated carbocycles. The number of hydrogen-bond acceptors (Lipinski definition) is 4. The lowest BCUT2D eigenvalue weighted by Gasteiger charge is -2.25. The summed E-state index contributed by atoms with van der Waals surface area (Å²) in [5.74, 6) is -0.467. The molecule has 0 bridgehead atoms. The summed E-state index contributed by atoms with van der Waals surface area (Å²) in [7, 11) is 1.63. The number of nitrogens with zero attached hydrogens (tertiary/aromatic N) is 2. The summed E-state index contributed by atoms with van der Waals surface area (Å²) in [5.41, 5.74) is 3.19. The number of carboxylic acid groups (broad SMARTS) is 1. The molecule has 0 aliphatic rings. The second-order valence-corrected chi connectivity index (χ2v) is 5.94. The Morgan fingerprint density at radius 3 is 1.96 bits per heavy atom. The fraction of sp³-hybridized carbons (Fsp3) is 0.0435. The Hall–Kier alpha value is -4.04. The Balaban J connectivity index is 2.01. The molecule has 0 aliphatic carbocycles. The zero-order valence-corrected chi connectivity index (χ0v) is 15.2. The molecule has 3 aromatic rings. The lowest BCUT2D eigenvalue weighted by Crippen LogP contribution is -2.09. The maximum atomic E-state index is 11.0. The van der Waals surface area contributed by atoms with E-state index < -0.39 is 5.97 Å². The van der Waals surface area contributed by atoms with Crippen molar-refractivity contribution >= 4 is 29.1 Å². The van der Waals surface area contributed by atoms with Crippen LogP contribution in [-0.2, 0) is 4.79 Å². The van der Waals surface area contributed by atoms with Crippen molar-refractivity contribution in [2.45, 2.75) is 0 Å².